The van der Waals surface area contributed by atoms with Gasteiger partial charge in [-0.15, -0.1) is 0 Å². The third-order valence-corrected chi connectivity index (χ3v) is 2.57. The number of nitrogens with one attached hydrogen (secondary N) is 1. The number of hydrogen-bond donors (Lipinski definition) is 1. The van der Waals surface area contributed by atoms with Gasteiger partial charge >= 0.3 is 5.97 Å². The number of aromatic nitrogens is 1. The lowest BCUT2D eigenvalue weighted by atomic mass is 10.1. The molecule has 1 aromatic heterocycles. The van der Waals surface area contributed by atoms with Crippen LogP contribution in [0, 0.1) is 5.82 Å². The predicted octanol–water partition coefficient (Wildman–Crippen LogP) is 2.66. The van der Waals surface area contributed by atoms with Gasteiger partial charge in [0.15, 0.2) is 0 Å². The summed E-state index contributed by atoms with van der Waals surface area (Å²) in [6.45, 7) is 1.94. The second-order valence-electron chi connectivity index (χ2n) is 3.55. The molecule has 0 saturated heterocycles. The minimum absolute atomic E-state index is 0.303. The monoisotopic (exact) mass is 221 g/mol. The van der Waals surface area contributed by atoms with Gasteiger partial charge in [0.2, 0.25) is 0 Å². The van der Waals surface area contributed by atoms with E-state index in [4.69, 9.17) is 0 Å². The number of methoxy groups -OCH3 is 1. The zero-order valence-electron chi connectivity index (χ0n) is 9.13. The fourth-order valence-electron chi connectivity index (χ4n) is 1.79. The number of aromatic amines is 1. The fraction of sp³-hybridized carbons (Fsp3) is 0.250. The molecule has 0 aliphatic rings. The van der Waals surface area contributed by atoms with Gasteiger partial charge in [0.25, 0.3) is 0 Å². The highest BCUT2D eigenvalue weighted by atomic mass is 19.1. The first-order chi connectivity index (χ1) is 7.65. The highest BCUT2D eigenvalue weighted by molar-refractivity contribution is 5.95. The molecule has 2 aromatic rings. The molecule has 0 spiro atoms. The average Bonchev–Trinajstić information content (AvgIpc) is 2.70. The molecule has 1 N–H and O–H groups in total. The fourth-order valence-corrected chi connectivity index (χ4v) is 1.79. The van der Waals surface area contributed by atoms with Gasteiger partial charge in [-0.2, -0.15) is 0 Å². The van der Waals surface area contributed by atoms with Crippen LogP contribution < -0.4 is 0 Å². The van der Waals surface area contributed by atoms with Gasteiger partial charge in [-0.1, -0.05) is 6.92 Å². The highest BCUT2D eigenvalue weighted by Crippen LogP contribution is 2.22. The number of halogens is 1. The topological polar surface area (TPSA) is 42.1 Å². The summed E-state index contributed by atoms with van der Waals surface area (Å²) in [7, 11) is 1.31. The lowest BCUT2D eigenvalue weighted by molar-refractivity contribution is 0.0595. The Hall–Kier alpha value is -1.84. The molecule has 1 heterocycles. The van der Waals surface area contributed by atoms with E-state index < -0.39 is 5.97 Å². The van der Waals surface area contributed by atoms with Crippen LogP contribution in [0.25, 0.3) is 10.9 Å². The Morgan fingerprint density at radius 2 is 2.19 bits per heavy atom. The highest BCUT2D eigenvalue weighted by Gasteiger charge is 2.12. The first-order valence-corrected chi connectivity index (χ1v) is 5.05. The van der Waals surface area contributed by atoms with Crippen LogP contribution in [0.2, 0.25) is 0 Å². The van der Waals surface area contributed by atoms with Crippen LogP contribution in [0.5, 0.6) is 0 Å². The molecule has 0 aliphatic carbocycles. The van der Waals surface area contributed by atoms with E-state index in [2.05, 4.69) is 9.72 Å². The number of aryl methyl sites for hydroxylation is 1. The number of hydrogen-bond acceptors (Lipinski definition) is 2. The summed E-state index contributed by atoms with van der Waals surface area (Å²) in [5, 5.41) is 0.865. The Morgan fingerprint density at radius 3 is 2.81 bits per heavy atom. The van der Waals surface area contributed by atoms with E-state index in [1.807, 2.05) is 6.92 Å². The van der Waals surface area contributed by atoms with Crippen LogP contribution in [-0.2, 0) is 11.2 Å². The number of H-pyrrole nitrogens is 1. The molecule has 0 radical (unpaired) electrons. The van der Waals surface area contributed by atoms with Gasteiger partial charge in [0.05, 0.1) is 7.11 Å². The molecular formula is C12H12FNO2. The maximum atomic E-state index is 13.2. The molecule has 0 fully saturated rings. The predicted molar refractivity (Wildman–Crippen MR) is 59.0 cm³/mol. The summed E-state index contributed by atoms with van der Waals surface area (Å²) in [5.74, 6) is -0.749. The van der Waals surface area contributed by atoms with Crippen molar-refractivity contribution in [3.05, 3.63) is 35.3 Å². The summed E-state index contributed by atoms with van der Waals surface area (Å²) in [5.41, 5.74) is 1.84. The summed E-state index contributed by atoms with van der Waals surface area (Å²) >= 11 is 0. The minimum atomic E-state index is -0.446. The van der Waals surface area contributed by atoms with E-state index >= 15 is 0 Å². The number of rotatable bonds is 2. The lowest BCUT2D eigenvalue weighted by Gasteiger charge is -1.98. The van der Waals surface area contributed by atoms with E-state index in [9.17, 15) is 9.18 Å². The third-order valence-electron chi connectivity index (χ3n) is 2.57. The van der Waals surface area contributed by atoms with Crippen molar-refractivity contribution >= 4 is 16.9 Å². The normalized spacial score (nSPS) is 10.7. The first-order valence-electron chi connectivity index (χ1n) is 5.05. The van der Waals surface area contributed by atoms with Crippen molar-refractivity contribution in [1.82, 2.24) is 4.98 Å². The van der Waals surface area contributed by atoms with E-state index in [0.717, 1.165) is 10.9 Å². The Labute approximate surface area is 92.2 Å². The standard InChI is InChI=1S/C12H12FNO2/c1-3-7-4-8(13)5-10-9(7)6-11(14-10)12(15)16-2/h4-6,14H,3H2,1-2H3. The molecular weight excluding hydrogens is 209 g/mol. The molecule has 4 heteroatoms. The number of esters is 1. The Morgan fingerprint density at radius 1 is 1.44 bits per heavy atom. The van der Waals surface area contributed by atoms with Gasteiger partial charge in [-0.3, -0.25) is 0 Å². The van der Waals surface area contributed by atoms with Crippen molar-refractivity contribution in [3.8, 4) is 0 Å². The minimum Gasteiger partial charge on any atom is -0.464 e. The van der Waals surface area contributed by atoms with E-state index in [-0.39, 0.29) is 5.82 Å². The Bertz CT molecular complexity index is 545. The maximum absolute atomic E-state index is 13.2. The molecule has 0 aliphatic heterocycles. The van der Waals surface area contributed by atoms with Crippen molar-refractivity contribution in [1.29, 1.82) is 0 Å². The van der Waals surface area contributed by atoms with Crippen molar-refractivity contribution in [2.45, 2.75) is 13.3 Å². The van der Waals surface area contributed by atoms with Crippen molar-refractivity contribution in [2.75, 3.05) is 7.11 Å². The molecule has 1 aromatic carbocycles. The largest absolute Gasteiger partial charge is 0.464 e. The van der Waals surface area contributed by atoms with E-state index in [1.165, 1.54) is 19.2 Å². The second kappa shape index (κ2) is 3.96. The summed E-state index contributed by atoms with van der Waals surface area (Å²) in [6, 6.07) is 4.55. The first kappa shape index (κ1) is 10.7. The number of fused-ring (bicyclic) bond motifs is 1. The van der Waals surface area contributed by atoms with Gasteiger partial charge in [-0.05, 0) is 30.2 Å². The van der Waals surface area contributed by atoms with Gasteiger partial charge in [-0.25, -0.2) is 9.18 Å². The second-order valence-corrected chi connectivity index (χ2v) is 3.55. The molecule has 0 unspecified atom stereocenters. The average molecular weight is 221 g/mol. The summed E-state index contributed by atoms with van der Waals surface area (Å²) in [4.78, 5) is 14.2. The Balaban J connectivity index is 2.64. The van der Waals surface area contributed by atoms with Crippen LogP contribution in [0.15, 0.2) is 18.2 Å². The van der Waals surface area contributed by atoms with Crippen LogP contribution in [-0.4, -0.2) is 18.1 Å². The molecule has 0 atom stereocenters. The quantitative estimate of drug-likeness (QED) is 0.792. The van der Waals surface area contributed by atoms with Crippen molar-refractivity contribution in [3.63, 3.8) is 0 Å². The van der Waals surface area contributed by atoms with E-state index in [0.29, 0.717) is 17.6 Å². The van der Waals surface area contributed by atoms with Crippen LogP contribution in [0.4, 0.5) is 4.39 Å². The van der Waals surface area contributed by atoms with Gasteiger partial charge < -0.3 is 9.72 Å². The van der Waals surface area contributed by atoms with Crippen molar-refractivity contribution < 1.29 is 13.9 Å². The molecule has 16 heavy (non-hydrogen) atoms. The molecule has 3 nitrogen and oxygen atoms in total. The number of benzene rings is 1. The number of carbonyl (C=O) groups excluding carboxylic acids is 1. The third kappa shape index (κ3) is 1.66. The van der Waals surface area contributed by atoms with Crippen LogP contribution >= 0.6 is 0 Å². The van der Waals surface area contributed by atoms with Gasteiger partial charge in [0, 0.05) is 10.9 Å². The number of carbonyl (C=O) groups is 1. The maximum Gasteiger partial charge on any atom is 0.354 e. The van der Waals surface area contributed by atoms with Crippen LogP contribution in [0.1, 0.15) is 23.0 Å². The zero-order valence-corrected chi connectivity index (χ0v) is 9.13. The van der Waals surface area contributed by atoms with Gasteiger partial charge in [0.1, 0.15) is 11.5 Å². The van der Waals surface area contributed by atoms with Crippen LogP contribution in [0.3, 0.4) is 0 Å². The molecule has 0 saturated carbocycles. The molecule has 84 valence electrons. The van der Waals surface area contributed by atoms with E-state index in [1.54, 1.807) is 6.07 Å². The van der Waals surface area contributed by atoms with Crippen molar-refractivity contribution in [2.24, 2.45) is 0 Å². The molecule has 0 bridgehead atoms. The molecule has 2 rings (SSSR count). The smallest absolute Gasteiger partial charge is 0.354 e. The number of ether oxygens (including phenoxy) is 1. The Kier molecular flexibility index (Phi) is 2.64. The summed E-state index contributed by atoms with van der Waals surface area (Å²) < 4.78 is 17.8. The summed E-state index contributed by atoms with van der Waals surface area (Å²) in [6.07, 6.45) is 0.715. The SMILES string of the molecule is CCc1cc(F)cc2[nH]c(C(=O)OC)cc12. The lowest BCUT2D eigenvalue weighted by Crippen LogP contribution is -2.00. The molecule has 0 amide bonds. The zero-order chi connectivity index (χ0) is 11.7.